The molecule has 29 heavy (non-hydrogen) atoms. The van der Waals surface area contributed by atoms with Crippen LogP contribution >= 0.6 is 15.9 Å². The van der Waals surface area contributed by atoms with Crippen molar-refractivity contribution in [2.24, 2.45) is 0 Å². The van der Waals surface area contributed by atoms with E-state index >= 15 is 0 Å². The molecule has 0 saturated heterocycles. The third-order valence-corrected chi connectivity index (χ3v) is 6.91. The second-order valence-corrected chi connectivity index (χ2v) is 8.96. The minimum atomic E-state index is 0.0381. The molecule has 0 bridgehead atoms. The van der Waals surface area contributed by atoms with Gasteiger partial charge in [0.05, 0.1) is 39.2 Å². The summed E-state index contributed by atoms with van der Waals surface area (Å²) in [6.07, 6.45) is 1.85. The Labute approximate surface area is 180 Å². The standard InChI is InChI=1S/C23H27BrNO4/c1-4-25(2)10-9-16-12-20-22(29-14-28-20)23(27-3)21(16)19(25)13-18(26)11-15-5-7-17(24)8-6-15/h5-8,12,19H,4,9-11,13-14H2,1-3H3/q+1. The van der Waals surface area contributed by atoms with Crippen molar-refractivity contribution in [1.29, 1.82) is 0 Å². The molecule has 2 heterocycles. The third-order valence-electron chi connectivity index (χ3n) is 6.38. The first kappa shape index (κ1) is 20.2. The number of methoxy groups -OCH3 is 1. The number of fused-ring (bicyclic) bond motifs is 2. The summed E-state index contributed by atoms with van der Waals surface area (Å²) in [5.41, 5.74) is 3.35. The van der Waals surface area contributed by atoms with Crippen LogP contribution in [0.2, 0.25) is 0 Å². The van der Waals surface area contributed by atoms with Crippen molar-refractivity contribution >= 4 is 21.7 Å². The number of quaternary nitrogens is 1. The first-order valence-electron chi connectivity index (χ1n) is 10.0. The smallest absolute Gasteiger partial charge is 0.231 e. The quantitative estimate of drug-likeness (QED) is 0.597. The number of ketones is 1. The van der Waals surface area contributed by atoms with Gasteiger partial charge >= 0.3 is 0 Å². The van der Waals surface area contributed by atoms with Gasteiger partial charge in [-0.15, -0.1) is 0 Å². The predicted molar refractivity (Wildman–Crippen MR) is 115 cm³/mol. The van der Waals surface area contributed by atoms with Gasteiger partial charge in [-0.3, -0.25) is 4.79 Å². The van der Waals surface area contributed by atoms with Crippen molar-refractivity contribution in [2.45, 2.75) is 32.2 Å². The molecule has 2 aromatic carbocycles. The Morgan fingerprint density at radius 1 is 1.28 bits per heavy atom. The van der Waals surface area contributed by atoms with Crippen molar-refractivity contribution in [1.82, 2.24) is 0 Å². The Bertz CT molecular complexity index is 927. The molecule has 2 aliphatic rings. The summed E-state index contributed by atoms with van der Waals surface area (Å²) in [7, 11) is 3.91. The molecule has 4 rings (SSSR count). The molecule has 6 heteroatoms. The lowest BCUT2D eigenvalue weighted by atomic mass is 9.85. The van der Waals surface area contributed by atoms with Crippen molar-refractivity contribution in [2.75, 3.05) is 34.0 Å². The second-order valence-electron chi connectivity index (χ2n) is 8.05. The van der Waals surface area contributed by atoms with E-state index in [4.69, 9.17) is 14.2 Å². The van der Waals surface area contributed by atoms with Crippen LogP contribution in [-0.2, 0) is 17.6 Å². The number of likely N-dealkylation sites (N-methyl/N-ethyl adjacent to an activating group) is 1. The van der Waals surface area contributed by atoms with Crippen molar-refractivity contribution < 1.29 is 23.5 Å². The first-order chi connectivity index (χ1) is 13.9. The van der Waals surface area contributed by atoms with Crippen LogP contribution in [0.1, 0.15) is 36.1 Å². The van der Waals surface area contributed by atoms with Gasteiger partial charge in [0.15, 0.2) is 11.5 Å². The summed E-state index contributed by atoms with van der Waals surface area (Å²) in [6.45, 7) is 4.34. The highest BCUT2D eigenvalue weighted by atomic mass is 79.9. The maximum absolute atomic E-state index is 13.1. The van der Waals surface area contributed by atoms with Crippen molar-refractivity contribution in [3.63, 3.8) is 0 Å². The van der Waals surface area contributed by atoms with Crippen molar-refractivity contribution in [3.05, 3.63) is 51.5 Å². The first-order valence-corrected chi connectivity index (χ1v) is 10.8. The molecule has 2 atom stereocenters. The molecule has 5 nitrogen and oxygen atoms in total. The molecular weight excluding hydrogens is 434 g/mol. The Morgan fingerprint density at radius 3 is 2.72 bits per heavy atom. The van der Waals surface area contributed by atoms with Gasteiger partial charge in [-0.2, -0.15) is 0 Å². The van der Waals surface area contributed by atoms with Crippen molar-refractivity contribution in [3.8, 4) is 17.2 Å². The molecule has 0 radical (unpaired) electrons. The lowest BCUT2D eigenvalue weighted by Gasteiger charge is -2.45. The van der Waals surface area contributed by atoms with Crippen LogP contribution in [0.15, 0.2) is 34.8 Å². The van der Waals surface area contributed by atoms with E-state index < -0.39 is 0 Å². The number of carbonyl (C=O) groups is 1. The summed E-state index contributed by atoms with van der Waals surface area (Å²) >= 11 is 3.45. The van der Waals surface area contributed by atoms with Crippen LogP contribution in [0, 0.1) is 0 Å². The summed E-state index contributed by atoms with van der Waals surface area (Å²) in [6, 6.07) is 10.1. The molecule has 0 aromatic heterocycles. The second kappa shape index (κ2) is 8.00. The highest BCUT2D eigenvalue weighted by Crippen LogP contribution is 2.51. The Kier molecular flexibility index (Phi) is 5.58. The Hall–Kier alpha value is -2.05. The SMILES string of the molecule is CC[N+]1(C)CCc2cc3c(c(OC)c2C1CC(=O)Cc1ccc(Br)cc1)OCO3. The highest BCUT2D eigenvalue weighted by Gasteiger charge is 2.43. The van der Waals surface area contributed by atoms with Gasteiger partial charge in [0, 0.05) is 17.3 Å². The van der Waals surface area contributed by atoms with Gasteiger partial charge < -0.3 is 18.7 Å². The molecule has 0 spiro atoms. The van der Waals surface area contributed by atoms with E-state index in [0.29, 0.717) is 18.6 Å². The lowest BCUT2D eigenvalue weighted by Crippen LogP contribution is -2.51. The van der Waals surface area contributed by atoms with Gasteiger partial charge in [-0.1, -0.05) is 28.1 Å². The molecule has 0 fully saturated rings. The number of halogens is 1. The number of ether oxygens (including phenoxy) is 3. The van der Waals surface area contributed by atoms with Gasteiger partial charge in [0.25, 0.3) is 0 Å². The molecular formula is C23H27BrNO4+. The molecule has 2 unspecified atom stereocenters. The van der Waals surface area contributed by atoms with Crippen LogP contribution in [-0.4, -0.2) is 44.3 Å². The topological polar surface area (TPSA) is 44.8 Å². The zero-order valence-corrected chi connectivity index (χ0v) is 18.8. The van der Waals surface area contributed by atoms with Crippen LogP contribution in [0.25, 0.3) is 0 Å². The molecule has 2 aromatic rings. The van der Waals surface area contributed by atoms with Gasteiger partial charge in [0.2, 0.25) is 12.5 Å². The average Bonchev–Trinajstić information content (AvgIpc) is 3.18. The Morgan fingerprint density at radius 2 is 2.03 bits per heavy atom. The van der Waals surface area contributed by atoms with Crippen LogP contribution in [0.3, 0.4) is 0 Å². The third kappa shape index (κ3) is 3.76. The van der Waals surface area contributed by atoms with E-state index in [0.717, 1.165) is 51.1 Å². The van der Waals surface area contributed by atoms with E-state index in [-0.39, 0.29) is 18.6 Å². The average molecular weight is 461 g/mol. The van der Waals surface area contributed by atoms with E-state index in [9.17, 15) is 4.79 Å². The molecule has 2 aliphatic heterocycles. The zero-order chi connectivity index (χ0) is 20.6. The van der Waals surface area contributed by atoms with Crippen LogP contribution in [0.5, 0.6) is 17.2 Å². The van der Waals surface area contributed by atoms with Gasteiger partial charge in [-0.25, -0.2) is 0 Å². The number of nitrogens with zero attached hydrogens (tertiary/aromatic N) is 1. The highest BCUT2D eigenvalue weighted by molar-refractivity contribution is 9.10. The number of Topliss-reactive ketones (excluding diaryl/α,β-unsaturated/α-hetero) is 1. The fraction of sp³-hybridized carbons (Fsp3) is 0.435. The van der Waals surface area contributed by atoms with Gasteiger partial charge in [0.1, 0.15) is 11.8 Å². The van der Waals surface area contributed by atoms with E-state index in [1.165, 1.54) is 5.56 Å². The largest absolute Gasteiger partial charge is 0.492 e. The summed E-state index contributed by atoms with van der Waals surface area (Å²) in [5.74, 6) is 2.38. The fourth-order valence-electron chi connectivity index (χ4n) is 4.51. The molecule has 0 aliphatic carbocycles. The van der Waals surface area contributed by atoms with Gasteiger partial charge in [-0.05, 0) is 36.2 Å². The van der Waals surface area contributed by atoms with E-state index in [1.807, 2.05) is 24.3 Å². The monoisotopic (exact) mass is 460 g/mol. The molecule has 0 N–H and O–H groups in total. The molecule has 154 valence electrons. The Balaban J connectivity index is 1.69. The number of hydrogen-bond acceptors (Lipinski definition) is 4. The number of hydrogen-bond donors (Lipinski definition) is 0. The summed E-state index contributed by atoms with van der Waals surface area (Å²) in [5, 5.41) is 0. The van der Waals surface area contributed by atoms with Crippen LogP contribution in [0.4, 0.5) is 0 Å². The zero-order valence-electron chi connectivity index (χ0n) is 17.2. The minimum Gasteiger partial charge on any atom is -0.492 e. The van der Waals surface area contributed by atoms with E-state index in [1.54, 1.807) is 7.11 Å². The summed E-state index contributed by atoms with van der Waals surface area (Å²) < 4.78 is 19.0. The molecule has 0 amide bonds. The normalized spacial score (nSPS) is 22.3. The number of carbonyl (C=O) groups excluding carboxylic acids is 1. The molecule has 0 saturated carbocycles. The van der Waals surface area contributed by atoms with Crippen LogP contribution < -0.4 is 14.2 Å². The maximum Gasteiger partial charge on any atom is 0.231 e. The fourth-order valence-corrected chi connectivity index (χ4v) is 4.78. The number of rotatable bonds is 6. The lowest BCUT2D eigenvalue weighted by molar-refractivity contribution is -0.939. The van der Waals surface area contributed by atoms with E-state index in [2.05, 4.69) is 36.0 Å². The number of benzene rings is 2. The predicted octanol–water partition coefficient (Wildman–Crippen LogP) is 4.45. The maximum atomic E-state index is 13.1. The minimum absolute atomic E-state index is 0.0381. The summed E-state index contributed by atoms with van der Waals surface area (Å²) in [4.78, 5) is 13.1.